The highest BCUT2D eigenvalue weighted by atomic mass is 35.5. The second kappa shape index (κ2) is 5.14. The second-order valence-corrected chi connectivity index (χ2v) is 3.96. The van der Waals surface area contributed by atoms with Crippen molar-refractivity contribution in [1.29, 1.82) is 0 Å². The van der Waals surface area contributed by atoms with Gasteiger partial charge < -0.3 is 0 Å². The first-order valence-electron chi connectivity index (χ1n) is 5.17. The van der Waals surface area contributed by atoms with Crippen molar-refractivity contribution in [1.82, 2.24) is 14.5 Å². The standard InChI is InChI=1S/C11H9ClFN3O2/c12-9-8(13)10(17)16(11(18)15-9)6-4-7-3-1-2-5-14-7/h1-3,5H,4,6H2,(H,15,18). The van der Waals surface area contributed by atoms with Crippen molar-refractivity contribution in [2.75, 3.05) is 0 Å². The molecule has 0 bridgehead atoms. The van der Waals surface area contributed by atoms with E-state index < -0.39 is 22.2 Å². The summed E-state index contributed by atoms with van der Waals surface area (Å²) in [6.45, 7) is 0.0409. The molecule has 0 saturated carbocycles. The molecule has 0 aliphatic heterocycles. The molecule has 2 heterocycles. The van der Waals surface area contributed by atoms with Gasteiger partial charge in [-0.25, -0.2) is 4.79 Å². The molecule has 0 atom stereocenters. The molecule has 0 aliphatic carbocycles. The van der Waals surface area contributed by atoms with Crippen LogP contribution in [-0.2, 0) is 13.0 Å². The van der Waals surface area contributed by atoms with E-state index in [1.807, 2.05) is 0 Å². The minimum Gasteiger partial charge on any atom is -0.295 e. The van der Waals surface area contributed by atoms with Gasteiger partial charge in [-0.3, -0.25) is 19.3 Å². The second-order valence-electron chi connectivity index (χ2n) is 3.59. The topological polar surface area (TPSA) is 67.8 Å². The number of hydrogen-bond acceptors (Lipinski definition) is 3. The third-order valence-corrected chi connectivity index (χ3v) is 2.67. The van der Waals surface area contributed by atoms with Crippen molar-refractivity contribution in [2.24, 2.45) is 0 Å². The quantitative estimate of drug-likeness (QED) is 0.844. The number of nitrogens with zero attached hydrogens (tertiary/aromatic N) is 2. The van der Waals surface area contributed by atoms with Gasteiger partial charge in [-0.05, 0) is 12.1 Å². The SMILES string of the molecule is O=c1[nH]c(Cl)c(F)c(=O)n1CCc1ccccn1. The maximum atomic E-state index is 13.2. The zero-order valence-electron chi connectivity index (χ0n) is 9.19. The fourth-order valence-corrected chi connectivity index (χ4v) is 1.66. The van der Waals surface area contributed by atoms with Crippen LogP contribution in [0.25, 0.3) is 0 Å². The van der Waals surface area contributed by atoms with Gasteiger partial charge in [-0.15, -0.1) is 0 Å². The van der Waals surface area contributed by atoms with Gasteiger partial charge in [0.2, 0.25) is 5.82 Å². The third-order valence-electron chi connectivity index (χ3n) is 2.41. The highest BCUT2D eigenvalue weighted by Crippen LogP contribution is 2.02. The summed E-state index contributed by atoms with van der Waals surface area (Å²) in [5.41, 5.74) is -1.05. The summed E-state index contributed by atoms with van der Waals surface area (Å²) >= 11 is 5.35. The van der Waals surface area contributed by atoms with E-state index in [2.05, 4.69) is 9.97 Å². The van der Waals surface area contributed by atoms with E-state index in [4.69, 9.17) is 11.6 Å². The highest BCUT2D eigenvalue weighted by molar-refractivity contribution is 6.29. The molecule has 94 valence electrons. The lowest BCUT2D eigenvalue weighted by atomic mass is 10.3. The fraction of sp³-hybridized carbons (Fsp3) is 0.182. The third kappa shape index (κ3) is 2.48. The van der Waals surface area contributed by atoms with Gasteiger partial charge in [0.1, 0.15) is 0 Å². The van der Waals surface area contributed by atoms with Crippen molar-refractivity contribution in [3.05, 3.63) is 61.9 Å². The number of halogens is 2. The Bertz CT molecular complexity index is 666. The maximum Gasteiger partial charge on any atom is 0.329 e. The molecule has 7 heteroatoms. The Kier molecular flexibility index (Phi) is 3.57. The van der Waals surface area contributed by atoms with Crippen LogP contribution in [0.4, 0.5) is 4.39 Å². The largest absolute Gasteiger partial charge is 0.329 e. The number of H-pyrrole nitrogens is 1. The molecular weight excluding hydrogens is 261 g/mol. The lowest BCUT2D eigenvalue weighted by Crippen LogP contribution is -2.37. The van der Waals surface area contributed by atoms with Crippen LogP contribution in [0.2, 0.25) is 5.15 Å². The Labute approximate surface area is 106 Å². The van der Waals surface area contributed by atoms with Gasteiger partial charge in [-0.1, -0.05) is 17.7 Å². The normalized spacial score (nSPS) is 10.6. The van der Waals surface area contributed by atoms with E-state index in [-0.39, 0.29) is 6.54 Å². The van der Waals surface area contributed by atoms with Crippen molar-refractivity contribution in [3.8, 4) is 0 Å². The minimum absolute atomic E-state index is 0.0409. The predicted molar refractivity (Wildman–Crippen MR) is 64.2 cm³/mol. The van der Waals surface area contributed by atoms with E-state index >= 15 is 0 Å². The van der Waals surface area contributed by atoms with Crippen molar-refractivity contribution >= 4 is 11.6 Å². The predicted octanol–water partition coefficient (Wildman–Crippen LogP) is 0.967. The lowest BCUT2D eigenvalue weighted by Gasteiger charge is -2.04. The Morgan fingerprint density at radius 2 is 2.17 bits per heavy atom. The first kappa shape index (κ1) is 12.5. The van der Waals surface area contributed by atoms with Crippen LogP contribution in [0.3, 0.4) is 0 Å². The minimum atomic E-state index is -1.16. The molecule has 0 fully saturated rings. The smallest absolute Gasteiger partial charge is 0.295 e. The zero-order chi connectivity index (χ0) is 13.1. The van der Waals surface area contributed by atoms with Gasteiger partial charge in [0.25, 0.3) is 5.56 Å². The summed E-state index contributed by atoms with van der Waals surface area (Å²) in [6, 6.07) is 5.30. The summed E-state index contributed by atoms with van der Waals surface area (Å²) in [5.74, 6) is -1.16. The number of aromatic nitrogens is 3. The van der Waals surface area contributed by atoms with E-state index in [1.54, 1.807) is 24.4 Å². The summed E-state index contributed by atoms with van der Waals surface area (Å²) < 4.78 is 14.0. The molecule has 2 aromatic heterocycles. The first-order valence-corrected chi connectivity index (χ1v) is 5.55. The number of hydrogen-bond donors (Lipinski definition) is 1. The van der Waals surface area contributed by atoms with Gasteiger partial charge >= 0.3 is 5.69 Å². The number of rotatable bonds is 3. The summed E-state index contributed by atoms with van der Waals surface area (Å²) in [7, 11) is 0. The summed E-state index contributed by atoms with van der Waals surface area (Å²) in [5, 5.41) is -0.570. The first-order chi connectivity index (χ1) is 8.59. The lowest BCUT2D eigenvalue weighted by molar-refractivity contribution is 0.537. The molecule has 0 unspecified atom stereocenters. The van der Waals surface area contributed by atoms with Crippen LogP contribution in [-0.4, -0.2) is 14.5 Å². The van der Waals surface area contributed by atoms with Gasteiger partial charge in [0, 0.05) is 24.9 Å². The molecule has 0 aliphatic rings. The number of aryl methyl sites for hydroxylation is 1. The monoisotopic (exact) mass is 269 g/mol. The van der Waals surface area contributed by atoms with Crippen molar-refractivity contribution in [3.63, 3.8) is 0 Å². The Morgan fingerprint density at radius 3 is 2.83 bits per heavy atom. The molecular formula is C11H9ClFN3O2. The maximum absolute atomic E-state index is 13.2. The summed E-state index contributed by atoms with van der Waals surface area (Å²) in [6.07, 6.45) is 1.95. The molecule has 0 aromatic carbocycles. The molecule has 2 rings (SSSR count). The van der Waals surface area contributed by atoms with Crippen LogP contribution in [0.5, 0.6) is 0 Å². The molecule has 0 radical (unpaired) electrons. The average molecular weight is 270 g/mol. The Balaban J connectivity index is 2.28. The summed E-state index contributed by atoms with van der Waals surface area (Å²) in [4.78, 5) is 29.1. The van der Waals surface area contributed by atoms with E-state index in [0.717, 1.165) is 4.57 Å². The molecule has 1 N–H and O–H groups in total. The highest BCUT2D eigenvalue weighted by Gasteiger charge is 2.11. The fourth-order valence-electron chi connectivity index (χ4n) is 1.50. The molecule has 2 aromatic rings. The number of pyridine rings is 1. The van der Waals surface area contributed by atoms with Gasteiger partial charge in [-0.2, -0.15) is 4.39 Å². The Morgan fingerprint density at radius 1 is 1.39 bits per heavy atom. The number of aromatic amines is 1. The zero-order valence-corrected chi connectivity index (χ0v) is 9.95. The molecule has 0 amide bonds. The van der Waals surface area contributed by atoms with E-state index in [1.165, 1.54) is 0 Å². The van der Waals surface area contributed by atoms with Crippen LogP contribution in [0, 0.1) is 5.82 Å². The Hall–Kier alpha value is -1.95. The van der Waals surface area contributed by atoms with Crippen molar-refractivity contribution in [2.45, 2.75) is 13.0 Å². The molecule has 18 heavy (non-hydrogen) atoms. The molecule has 5 nitrogen and oxygen atoms in total. The molecule has 0 saturated heterocycles. The average Bonchev–Trinajstić information content (AvgIpc) is 2.37. The van der Waals surface area contributed by atoms with Crippen molar-refractivity contribution < 1.29 is 4.39 Å². The van der Waals surface area contributed by atoms with Crippen LogP contribution in [0.1, 0.15) is 5.69 Å². The van der Waals surface area contributed by atoms with E-state index in [0.29, 0.717) is 12.1 Å². The van der Waals surface area contributed by atoms with Gasteiger partial charge in [0.15, 0.2) is 5.15 Å². The van der Waals surface area contributed by atoms with E-state index in [9.17, 15) is 14.0 Å². The van der Waals surface area contributed by atoms with Crippen LogP contribution in [0.15, 0.2) is 34.0 Å². The van der Waals surface area contributed by atoms with Crippen LogP contribution >= 0.6 is 11.6 Å². The van der Waals surface area contributed by atoms with Crippen LogP contribution < -0.4 is 11.2 Å². The number of nitrogens with one attached hydrogen (secondary N) is 1. The molecule has 0 spiro atoms. The van der Waals surface area contributed by atoms with Gasteiger partial charge in [0.05, 0.1) is 0 Å².